The molecule has 4 amide bonds. The average Bonchev–Trinajstić information content (AvgIpc) is 3.14. The van der Waals surface area contributed by atoms with Crippen LogP contribution >= 0.6 is 11.6 Å². The summed E-state index contributed by atoms with van der Waals surface area (Å²) >= 11 is 5.69. The molecule has 2 aliphatic rings. The van der Waals surface area contributed by atoms with E-state index >= 15 is 0 Å². The summed E-state index contributed by atoms with van der Waals surface area (Å²) in [6.07, 6.45) is 2.00. The van der Waals surface area contributed by atoms with E-state index in [0.29, 0.717) is 18.8 Å². The predicted molar refractivity (Wildman–Crippen MR) is 94.4 cm³/mol. The predicted octanol–water partition coefficient (Wildman–Crippen LogP) is 1.78. The first-order valence-electron chi connectivity index (χ1n) is 8.50. The van der Waals surface area contributed by atoms with Crippen molar-refractivity contribution in [3.63, 3.8) is 0 Å². The minimum absolute atomic E-state index is 0.0466. The number of nitrogens with one attached hydrogen (secondary N) is 1. The van der Waals surface area contributed by atoms with Gasteiger partial charge in [-0.2, -0.15) is 0 Å². The van der Waals surface area contributed by atoms with Crippen molar-refractivity contribution < 1.29 is 18.8 Å². The fourth-order valence-corrected chi connectivity index (χ4v) is 3.24. The van der Waals surface area contributed by atoms with Gasteiger partial charge in [0.05, 0.1) is 11.6 Å². The summed E-state index contributed by atoms with van der Waals surface area (Å²) in [6.45, 7) is 2.07. The number of hydrogen-bond donors (Lipinski definition) is 1. The molecule has 0 saturated carbocycles. The Hall–Kier alpha value is -2.35. The number of rotatable bonds is 3. The average molecular weight is 383 g/mol. The van der Waals surface area contributed by atoms with Crippen LogP contribution in [0, 0.1) is 5.82 Å². The number of nitrogens with zero attached hydrogens (tertiary/aromatic N) is 3. The minimum Gasteiger partial charge on any atom is -0.341 e. The van der Waals surface area contributed by atoms with Crippen molar-refractivity contribution in [3.05, 3.63) is 29.0 Å². The molecule has 1 aromatic rings. The van der Waals surface area contributed by atoms with Crippen LogP contribution in [0.1, 0.15) is 12.8 Å². The van der Waals surface area contributed by atoms with Crippen LogP contribution < -0.4 is 5.32 Å². The standard InChI is InChI=1S/C17H20ClFN4O3/c18-13-9-12(3-4-14(13)19)20-17(26)23-8-7-22(16(25)11-23)10-15(24)21-5-1-2-6-21/h3-4,9H,1-2,5-8,10-11H2,(H,20,26). The van der Waals surface area contributed by atoms with Crippen molar-refractivity contribution in [2.45, 2.75) is 12.8 Å². The number of hydrogen-bond acceptors (Lipinski definition) is 3. The van der Waals surface area contributed by atoms with Gasteiger partial charge in [0.2, 0.25) is 11.8 Å². The zero-order valence-electron chi connectivity index (χ0n) is 14.2. The first-order valence-corrected chi connectivity index (χ1v) is 8.88. The summed E-state index contributed by atoms with van der Waals surface area (Å²) in [7, 11) is 0. The molecule has 1 N–H and O–H groups in total. The highest BCUT2D eigenvalue weighted by Gasteiger charge is 2.30. The monoisotopic (exact) mass is 382 g/mol. The molecule has 1 aromatic carbocycles. The summed E-state index contributed by atoms with van der Waals surface area (Å²) in [5, 5.41) is 2.50. The van der Waals surface area contributed by atoms with Gasteiger partial charge in [-0.05, 0) is 31.0 Å². The van der Waals surface area contributed by atoms with E-state index < -0.39 is 11.8 Å². The lowest BCUT2D eigenvalue weighted by atomic mass is 10.3. The molecular weight excluding hydrogens is 363 g/mol. The van der Waals surface area contributed by atoms with E-state index in [-0.39, 0.29) is 29.9 Å². The van der Waals surface area contributed by atoms with Gasteiger partial charge in [-0.3, -0.25) is 9.59 Å². The molecule has 0 atom stereocenters. The van der Waals surface area contributed by atoms with E-state index in [1.165, 1.54) is 21.9 Å². The summed E-state index contributed by atoms with van der Waals surface area (Å²) in [6, 6.07) is 3.39. The van der Waals surface area contributed by atoms with Crippen LogP contribution in [0.5, 0.6) is 0 Å². The molecule has 7 nitrogen and oxygen atoms in total. The fourth-order valence-electron chi connectivity index (χ4n) is 3.06. The van der Waals surface area contributed by atoms with Crippen molar-refractivity contribution in [1.29, 1.82) is 0 Å². The Kier molecular flexibility index (Phi) is 5.61. The van der Waals surface area contributed by atoms with Gasteiger partial charge in [-0.25, -0.2) is 9.18 Å². The first kappa shape index (κ1) is 18.4. The number of anilines is 1. The molecule has 26 heavy (non-hydrogen) atoms. The van der Waals surface area contributed by atoms with Gasteiger partial charge in [0.15, 0.2) is 0 Å². The molecule has 2 aliphatic heterocycles. The van der Waals surface area contributed by atoms with Crippen LogP contribution in [0.2, 0.25) is 5.02 Å². The number of urea groups is 1. The molecule has 3 rings (SSSR count). The van der Waals surface area contributed by atoms with Crippen molar-refractivity contribution >= 4 is 35.1 Å². The second-order valence-corrected chi connectivity index (χ2v) is 6.79. The van der Waals surface area contributed by atoms with Crippen molar-refractivity contribution in [2.75, 3.05) is 44.6 Å². The molecule has 2 heterocycles. The van der Waals surface area contributed by atoms with Crippen LogP contribution in [0.4, 0.5) is 14.9 Å². The summed E-state index contributed by atoms with van der Waals surface area (Å²) < 4.78 is 13.2. The second-order valence-electron chi connectivity index (χ2n) is 6.38. The lowest BCUT2D eigenvalue weighted by Gasteiger charge is -2.34. The van der Waals surface area contributed by atoms with Crippen molar-refractivity contribution in [2.24, 2.45) is 0 Å². The smallest absolute Gasteiger partial charge is 0.322 e. The Morgan fingerprint density at radius 2 is 1.85 bits per heavy atom. The number of piperazine rings is 1. The third-order valence-electron chi connectivity index (χ3n) is 4.56. The van der Waals surface area contributed by atoms with Gasteiger partial charge >= 0.3 is 6.03 Å². The lowest BCUT2D eigenvalue weighted by molar-refractivity contribution is -0.142. The maximum atomic E-state index is 13.2. The maximum absolute atomic E-state index is 13.2. The fraction of sp³-hybridized carbons (Fsp3) is 0.471. The van der Waals surface area contributed by atoms with Crippen LogP contribution in [-0.4, -0.2) is 71.8 Å². The highest BCUT2D eigenvalue weighted by molar-refractivity contribution is 6.31. The SMILES string of the molecule is O=C(CN1CCN(C(=O)Nc2ccc(F)c(Cl)c2)CC1=O)N1CCCC1. The Balaban J connectivity index is 1.52. The summed E-state index contributed by atoms with van der Waals surface area (Å²) in [4.78, 5) is 41.3. The number of amides is 4. The number of benzene rings is 1. The zero-order valence-corrected chi connectivity index (χ0v) is 15.0. The topological polar surface area (TPSA) is 73.0 Å². The first-order chi connectivity index (χ1) is 12.4. The van der Waals surface area contributed by atoms with Gasteiger partial charge in [0.25, 0.3) is 0 Å². The molecule has 2 fully saturated rings. The molecule has 0 unspecified atom stereocenters. The van der Waals surface area contributed by atoms with Gasteiger partial charge < -0.3 is 20.0 Å². The second kappa shape index (κ2) is 7.90. The number of likely N-dealkylation sites (tertiary alicyclic amines) is 1. The van der Waals surface area contributed by atoms with E-state index in [9.17, 15) is 18.8 Å². The Labute approximate surface area is 155 Å². The third kappa shape index (κ3) is 4.24. The molecule has 0 radical (unpaired) electrons. The minimum atomic E-state index is -0.573. The van der Waals surface area contributed by atoms with E-state index in [0.717, 1.165) is 32.0 Å². The van der Waals surface area contributed by atoms with Gasteiger partial charge in [0, 0.05) is 31.9 Å². The molecule has 9 heteroatoms. The third-order valence-corrected chi connectivity index (χ3v) is 4.85. The van der Waals surface area contributed by atoms with Gasteiger partial charge in [0.1, 0.15) is 12.4 Å². The van der Waals surface area contributed by atoms with E-state index in [1.54, 1.807) is 4.90 Å². The molecule has 0 aromatic heterocycles. The molecule has 0 bridgehead atoms. The molecular formula is C17H20ClFN4O3. The Morgan fingerprint density at radius 3 is 2.50 bits per heavy atom. The van der Waals surface area contributed by atoms with Crippen LogP contribution in [-0.2, 0) is 9.59 Å². The highest BCUT2D eigenvalue weighted by Crippen LogP contribution is 2.20. The highest BCUT2D eigenvalue weighted by atomic mass is 35.5. The van der Waals surface area contributed by atoms with Crippen molar-refractivity contribution in [3.8, 4) is 0 Å². The van der Waals surface area contributed by atoms with Gasteiger partial charge in [-0.15, -0.1) is 0 Å². The number of halogens is 2. The summed E-state index contributed by atoms with van der Waals surface area (Å²) in [5.74, 6) is -0.887. The molecule has 2 saturated heterocycles. The number of carbonyl (C=O) groups is 3. The largest absolute Gasteiger partial charge is 0.341 e. The molecule has 140 valence electrons. The summed E-state index contributed by atoms with van der Waals surface area (Å²) in [5.41, 5.74) is 0.348. The van der Waals surface area contributed by atoms with Crippen LogP contribution in [0.15, 0.2) is 18.2 Å². The normalized spacial score (nSPS) is 17.6. The quantitative estimate of drug-likeness (QED) is 0.866. The van der Waals surface area contributed by atoms with Gasteiger partial charge in [-0.1, -0.05) is 11.6 Å². The van der Waals surface area contributed by atoms with Crippen LogP contribution in [0.3, 0.4) is 0 Å². The molecule has 0 aliphatic carbocycles. The van der Waals surface area contributed by atoms with E-state index in [2.05, 4.69) is 5.32 Å². The lowest BCUT2D eigenvalue weighted by Crippen LogP contribution is -2.55. The van der Waals surface area contributed by atoms with Crippen molar-refractivity contribution in [1.82, 2.24) is 14.7 Å². The molecule has 0 spiro atoms. The number of carbonyl (C=O) groups excluding carboxylic acids is 3. The Morgan fingerprint density at radius 1 is 1.12 bits per heavy atom. The Bertz CT molecular complexity index is 724. The van der Waals surface area contributed by atoms with E-state index in [4.69, 9.17) is 11.6 Å². The van der Waals surface area contributed by atoms with Crippen LogP contribution in [0.25, 0.3) is 0 Å². The maximum Gasteiger partial charge on any atom is 0.322 e. The zero-order chi connectivity index (χ0) is 18.7. The van der Waals surface area contributed by atoms with E-state index in [1.807, 2.05) is 0 Å².